The Hall–Kier alpha value is -7.10. The average Bonchev–Trinajstić information content (AvgIpc) is 1.18. The maximum atomic E-state index is 12.4. The number of nitrogens with zero attached hydrogens (tertiary/aromatic N) is 4. The van der Waals surface area contributed by atoms with Crippen molar-refractivity contribution in [1.82, 2.24) is 20.3 Å². The number of hydrogen-bond acceptors (Lipinski definition) is 19. The van der Waals surface area contributed by atoms with Gasteiger partial charge in [0, 0.05) is 51.7 Å². The monoisotopic (exact) mass is 1470 g/mol. The molecule has 2 rings (SSSR count). The molecule has 0 saturated heterocycles. The molecule has 2 unspecified atom stereocenters. The normalized spacial score (nSPS) is 12.1. The number of ether oxygens (including phenoxy) is 5. The third kappa shape index (κ3) is 67.4. The molecule has 2 atom stereocenters. The van der Waals surface area contributed by atoms with Crippen molar-refractivity contribution in [3.05, 3.63) is 125 Å². The van der Waals surface area contributed by atoms with Crippen LogP contribution in [0.15, 0.2) is 102 Å². The fourth-order valence-corrected chi connectivity index (χ4v) is 5.81. The van der Waals surface area contributed by atoms with Crippen LogP contribution in [0.1, 0.15) is 252 Å². The largest absolute Gasteiger partial charge is 0.466 e. The number of hydrogen-bond donors (Lipinski definition) is 3. The Balaban J connectivity index is -0.000000163. The predicted octanol–water partition coefficient (Wildman–Crippen LogP) is 18.0. The van der Waals surface area contributed by atoms with Crippen LogP contribution in [0.5, 0.6) is 0 Å². The van der Waals surface area contributed by atoms with Crippen molar-refractivity contribution < 1.29 is 80.6 Å². The maximum Gasteiger partial charge on any atom is 0.336 e. The molecular formula is C79H134F3N5O14S. The van der Waals surface area contributed by atoms with Crippen molar-refractivity contribution in [3.63, 3.8) is 0 Å². The molecule has 0 fully saturated rings. The van der Waals surface area contributed by atoms with Gasteiger partial charge < -0.3 is 39.2 Å². The third-order valence-electron chi connectivity index (χ3n) is 11.3. The molecule has 586 valence electrons. The fraction of sp³-hybridized carbons (Fsp3) is 0.633. The second-order valence-electron chi connectivity index (χ2n) is 32.0. The number of halogens is 3. The lowest BCUT2D eigenvalue weighted by Crippen LogP contribution is -2.40. The van der Waals surface area contributed by atoms with Gasteiger partial charge in [0.2, 0.25) is 0 Å². The summed E-state index contributed by atoms with van der Waals surface area (Å²) in [5, 5.41) is 30.8. The van der Waals surface area contributed by atoms with Crippen molar-refractivity contribution in [2.24, 2.45) is 27.1 Å². The molecule has 0 aromatic carbocycles. The van der Waals surface area contributed by atoms with Gasteiger partial charge in [0.1, 0.15) is 11.5 Å². The smallest absolute Gasteiger partial charge is 0.336 e. The Kier molecular flexibility index (Phi) is 56.4. The minimum absolute atomic E-state index is 0. The Morgan fingerprint density at radius 3 is 1.32 bits per heavy atom. The summed E-state index contributed by atoms with van der Waals surface area (Å²) < 4.78 is 61.4. The number of thiazole rings is 1. The lowest BCUT2D eigenvalue weighted by atomic mass is 9.85. The topological polar surface area (TPSA) is 281 Å². The minimum Gasteiger partial charge on any atom is -0.466 e. The number of amides is 1. The molecule has 2 aromatic rings. The zero-order valence-electron chi connectivity index (χ0n) is 67.9. The molecule has 3 N–H and O–H groups in total. The van der Waals surface area contributed by atoms with Gasteiger partial charge in [-0.15, -0.1) is 0 Å². The van der Waals surface area contributed by atoms with Gasteiger partial charge in [0.15, 0.2) is 17.3 Å². The number of methoxy groups -OCH3 is 1. The summed E-state index contributed by atoms with van der Waals surface area (Å²) in [4.78, 5) is 87.6. The molecule has 19 nitrogen and oxygen atoms in total. The van der Waals surface area contributed by atoms with E-state index in [1.807, 2.05) is 193 Å². The number of ketones is 3. The Labute approximate surface area is 617 Å². The van der Waals surface area contributed by atoms with E-state index in [9.17, 15) is 56.9 Å². The molecule has 1 amide bonds. The molecule has 0 saturated carbocycles. The number of carbonyl (C=O) groups is 7. The van der Waals surface area contributed by atoms with Crippen LogP contribution >= 0.6 is 11.3 Å². The summed E-state index contributed by atoms with van der Waals surface area (Å²) in [7, 11) is 1.34. The number of nitriles is 1. The zero-order chi connectivity index (χ0) is 81.9. The van der Waals surface area contributed by atoms with Gasteiger partial charge in [-0.25, -0.2) is 33.7 Å². The molecule has 0 radical (unpaired) electrons. The Morgan fingerprint density at radius 2 is 1.06 bits per heavy atom. The summed E-state index contributed by atoms with van der Waals surface area (Å²) >= 11 is 0.820. The Bertz CT molecular complexity index is 2970. The lowest BCUT2D eigenvalue weighted by Gasteiger charge is -2.26. The fourth-order valence-electron chi connectivity index (χ4n) is 5.29. The first kappa shape index (κ1) is 111. The summed E-state index contributed by atoms with van der Waals surface area (Å²) in [6.45, 7) is 73.5. The van der Waals surface area contributed by atoms with E-state index in [0.717, 1.165) is 28.5 Å². The first-order chi connectivity index (χ1) is 45.1. The SMILES string of the molecule is C.C/C(F)=C/C(=O)C(C)(C)C.C/C=C/C(=O)C(C)(C)C.C=C(C#N)C(O)C(C)(C)C.C=C(C(=O)OCC)C(O)C(C)(C)C.C=C(COC(C)(C)C)C(=O)OCC.CC(C)(C)NC(=O)c1csc(F)n1.CC(C)(C)c1cnc(F)nc1.CC(C)=CC(=O)C(C)(C)C.COC(=O)/C=C/COC(C)(C)C. The predicted molar refractivity (Wildman–Crippen MR) is 409 cm³/mol. The van der Waals surface area contributed by atoms with E-state index in [2.05, 4.69) is 44.7 Å². The summed E-state index contributed by atoms with van der Waals surface area (Å²) in [5.74, 6) is -1.82. The zero-order valence-corrected chi connectivity index (χ0v) is 68.7. The molecule has 0 spiro atoms. The van der Waals surface area contributed by atoms with Crippen molar-refractivity contribution in [3.8, 4) is 6.07 Å². The van der Waals surface area contributed by atoms with E-state index in [4.69, 9.17) is 24.2 Å². The standard InChI is InChI=1S/2C10H18O3.C9H16O3.C9H16O.C8H11FN2OS.C8H11FN2.C8H13FO.C8H13NO.C8H14O.CH4/c1-6-12-9(11)8(2)7-13-10(3,4)5;1-6-13-9(12)7(2)8(11)10(3,4)5;1-9(2,3)12-7-5-6-8(10)11-4;1-7(2)6-8(10)9(3,4)5;1-8(2,3)11-6(12)5-4-13-7(9)10-5;1-8(2,3)6-4-10-7(9)11-5-6;1-6(9)5-7(10)8(2,3)4;1-6(5-9)7(10)8(2,3)4;1-5-6-7(9)8(2,3)4;/h2,6-7H2,1,3-5H3;8,11H,2,6H2,1,3-5H3;5-6H,7H2,1-4H3;6H,1-5H3;4H,1-3H3,(H,11,12);4-5H,1-3H3;5H,1-4H3;7,10H,1H2,2-4H3;5-6H,1-4H3;1H4/b;;6-5+;;;;6-5-;;6-5+;. The van der Waals surface area contributed by atoms with Crippen LogP contribution in [-0.4, -0.2) is 129 Å². The minimum atomic E-state index is -0.855. The van der Waals surface area contributed by atoms with Gasteiger partial charge >= 0.3 is 24.0 Å². The molecule has 2 heterocycles. The molecule has 0 aliphatic rings. The van der Waals surface area contributed by atoms with Crippen molar-refractivity contribution in [1.29, 1.82) is 5.26 Å². The number of esters is 3. The molecule has 0 aliphatic heterocycles. The molecule has 102 heavy (non-hydrogen) atoms. The quantitative estimate of drug-likeness (QED) is 0.0491. The van der Waals surface area contributed by atoms with Crippen LogP contribution in [-0.2, 0) is 57.9 Å². The van der Waals surface area contributed by atoms with E-state index in [1.165, 1.54) is 37.9 Å². The van der Waals surface area contributed by atoms with Crippen LogP contribution in [0.3, 0.4) is 0 Å². The summed E-state index contributed by atoms with van der Waals surface area (Å²) in [5.41, 5.74) is 0.532. The number of allylic oxidation sites excluding steroid dienone is 6. The molecule has 2 aromatic heterocycles. The second-order valence-corrected chi connectivity index (χ2v) is 32.8. The van der Waals surface area contributed by atoms with Gasteiger partial charge in [0.25, 0.3) is 11.2 Å². The van der Waals surface area contributed by atoms with E-state index in [-0.39, 0.29) is 110 Å². The van der Waals surface area contributed by atoms with Gasteiger partial charge in [-0.1, -0.05) is 181 Å². The molecular weight excluding hydrogens is 1330 g/mol. The van der Waals surface area contributed by atoms with Crippen LogP contribution in [0.4, 0.5) is 13.2 Å². The highest BCUT2D eigenvalue weighted by atomic mass is 32.1. The second kappa shape index (κ2) is 51.9. The molecule has 23 heteroatoms. The van der Waals surface area contributed by atoms with E-state index in [0.29, 0.717) is 25.4 Å². The lowest BCUT2D eigenvalue weighted by molar-refractivity contribution is -0.141. The van der Waals surface area contributed by atoms with Gasteiger partial charge in [-0.05, 0) is 138 Å². The average molecular weight is 1470 g/mol. The van der Waals surface area contributed by atoms with E-state index in [1.54, 1.807) is 58.9 Å². The number of aliphatic hydroxyl groups excluding tert-OH is 2. The highest BCUT2D eigenvalue weighted by Gasteiger charge is 2.29. The molecule has 0 aliphatic carbocycles. The number of aromatic nitrogens is 3. The maximum absolute atomic E-state index is 12.4. The number of carbonyl (C=O) groups excluding carboxylic acids is 7. The van der Waals surface area contributed by atoms with Crippen LogP contribution in [0.2, 0.25) is 0 Å². The van der Waals surface area contributed by atoms with Crippen LogP contribution in [0.25, 0.3) is 0 Å². The van der Waals surface area contributed by atoms with Crippen LogP contribution in [0, 0.1) is 49.7 Å². The number of nitrogens with one attached hydrogen (secondary N) is 1. The van der Waals surface area contributed by atoms with Crippen LogP contribution < -0.4 is 5.32 Å². The first-order valence-corrected chi connectivity index (χ1v) is 33.8. The van der Waals surface area contributed by atoms with E-state index >= 15 is 0 Å². The highest BCUT2D eigenvalue weighted by Crippen LogP contribution is 2.26. The van der Waals surface area contributed by atoms with E-state index < -0.39 is 40.8 Å². The van der Waals surface area contributed by atoms with Crippen molar-refractivity contribution in [2.75, 3.05) is 33.5 Å². The first-order valence-electron chi connectivity index (χ1n) is 32.9. The van der Waals surface area contributed by atoms with Crippen molar-refractivity contribution in [2.45, 2.75) is 270 Å². The number of aliphatic hydroxyl groups is 2. The summed E-state index contributed by atoms with van der Waals surface area (Å²) in [6, 6.07) is 1.83. The third-order valence-corrected chi connectivity index (χ3v) is 11.9. The van der Waals surface area contributed by atoms with Crippen molar-refractivity contribution >= 4 is 52.5 Å². The van der Waals surface area contributed by atoms with Gasteiger partial charge in [-0.3, -0.25) is 19.2 Å². The Morgan fingerprint density at radius 1 is 0.647 bits per heavy atom. The van der Waals surface area contributed by atoms with Gasteiger partial charge in [-0.2, -0.15) is 14.0 Å². The highest BCUT2D eigenvalue weighted by molar-refractivity contribution is 7.08. The van der Waals surface area contributed by atoms with Gasteiger partial charge in [0.05, 0.1) is 79.7 Å². The molecule has 0 bridgehead atoms. The number of rotatable bonds is 15. The summed E-state index contributed by atoms with van der Waals surface area (Å²) in [6.07, 6.45) is 9.88.